The molecule has 0 spiro atoms. The van der Waals surface area contributed by atoms with Crippen LogP contribution in [0.5, 0.6) is 0 Å². The monoisotopic (exact) mass is 246 g/mol. The van der Waals surface area contributed by atoms with Gasteiger partial charge in [-0.05, 0) is 12.3 Å². The minimum absolute atomic E-state index is 0.125. The lowest BCUT2D eigenvalue weighted by Crippen LogP contribution is -2.29. The van der Waals surface area contributed by atoms with Crippen molar-refractivity contribution in [2.45, 2.75) is 47.6 Å². The van der Waals surface area contributed by atoms with Crippen LogP contribution in [-0.4, -0.2) is 23.9 Å². The van der Waals surface area contributed by atoms with Crippen molar-refractivity contribution in [1.82, 2.24) is 4.67 Å². The van der Waals surface area contributed by atoms with E-state index in [9.17, 15) is 4.57 Å². The SMILES string of the molecule is CCN(CC)P(=O)(C#N)OC(C)C(C)(C)C. The van der Waals surface area contributed by atoms with Crippen molar-refractivity contribution in [3.05, 3.63) is 0 Å². The summed E-state index contributed by atoms with van der Waals surface area (Å²) >= 11 is 0. The summed E-state index contributed by atoms with van der Waals surface area (Å²) in [6, 6.07) is 0. The Labute approximate surface area is 99.1 Å². The van der Waals surface area contributed by atoms with Crippen molar-refractivity contribution < 1.29 is 9.09 Å². The molecule has 0 aliphatic rings. The maximum Gasteiger partial charge on any atom is 0.371 e. The third-order valence-corrected chi connectivity index (χ3v) is 4.91. The zero-order valence-electron chi connectivity index (χ0n) is 11.1. The van der Waals surface area contributed by atoms with Crippen LogP contribution in [0.2, 0.25) is 0 Å². The number of nitrogens with zero attached hydrogens (tertiary/aromatic N) is 2. The summed E-state index contributed by atoms with van der Waals surface area (Å²) in [6.07, 6.45) is -0.224. The fraction of sp³-hybridized carbons (Fsp3) is 0.909. The lowest BCUT2D eigenvalue weighted by molar-refractivity contribution is 0.0972. The molecule has 0 heterocycles. The molecule has 0 saturated heterocycles. The highest BCUT2D eigenvalue weighted by Gasteiger charge is 2.35. The minimum atomic E-state index is -3.32. The van der Waals surface area contributed by atoms with Crippen LogP contribution in [0.25, 0.3) is 0 Å². The Hall–Kier alpha value is -0.360. The maximum absolute atomic E-state index is 12.3. The van der Waals surface area contributed by atoms with Gasteiger partial charge in [-0.3, -0.25) is 4.57 Å². The molecule has 4 nitrogen and oxygen atoms in total. The molecule has 0 fully saturated rings. The molecule has 94 valence electrons. The first-order valence-electron chi connectivity index (χ1n) is 5.66. The Bertz CT molecular complexity index is 300. The second-order valence-electron chi connectivity index (χ2n) is 4.87. The predicted molar refractivity (Wildman–Crippen MR) is 66.1 cm³/mol. The lowest BCUT2D eigenvalue weighted by Gasteiger charge is -2.32. The maximum atomic E-state index is 12.3. The van der Waals surface area contributed by atoms with Gasteiger partial charge < -0.3 is 4.52 Å². The van der Waals surface area contributed by atoms with Gasteiger partial charge in [0.25, 0.3) is 0 Å². The Balaban J connectivity index is 4.89. The van der Waals surface area contributed by atoms with E-state index in [1.807, 2.05) is 47.4 Å². The molecule has 0 aliphatic carbocycles. The van der Waals surface area contributed by atoms with Crippen molar-refractivity contribution in [3.63, 3.8) is 0 Å². The second kappa shape index (κ2) is 5.82. The van der Waals surface area contributed by atoms with E-state index in [1.165, 1.54) is 0 Å². The van der Waals surface area contributed by atoms with Gasteiger partial charge in [-0.25, -0.2) is 4.67 Å². The third kappa shape index (κ3) is 3.90. The van der Waals surface area contributed by atoms with Crippen molar-refractivity contribution in [1.29, 1.82) is 5.26 Å². The van der Waals surface area contributed by atoms with Crippen LogP contribution in [-0.2, 0) is 9.09 Å². The minimum Gasteiger partial charge on any atom is -0.303 e. The second-order valence-corrected chi connectivity index (χ2v) is 6.89. The number of hydrogen-bond acceptors (Lipinski definition) is 3. The summed E-state index contributed by atoms with van der Waals surface area (Å²) in [7, 11) is -3.32. The van der Waals surface area contributed by atoms with Crippen molar-refractivity contribution in [2.24, 2.45) is 5.41 Å². The van der Waals surface area contributed by atoms with E-state index in [0.29, 0.717) is 13.1 Å². The van der Waals surface area contributed by atoms with Gasteiger partial charge in [0, 0.05) is 13.1 Å². The van der Waals surface area contributed by atoms with E-state index in [2.05, 4.69) is 0 Å². The van der Waals surface area contributed by atoms with Gasteiger partial charge in [-0.1, -0.05) is 34.6 Å². The summed E-state index contributed by atoms with van der Waals surface area (Å²) in [5, 5.41) is 9.05. The van der Waals surface area contributed by atoms with Crippen LogP contribution in [0.15, 0.2) is 0 Å². The number of hydrogen-bond donors (Lipinski definition) is 0. The molecule has 0 saturated carbocycles. The number of nitriles is 1. The first-order valence-corrected chi connectivity index (χ1v) is 7.24. The van der Waals surface area contributed by atoms with Crippen molar-refractivity contribution in [2.75, 3.05) is 13.1 Å². The van der Waals surface area contributed by atoms with E-state index < -0.39 is 7.52 Å². The van der Waals surface area contributed by atoms with Gasteiger partial charge in [0.15, 0.2) is 5.81 Å². The lowest BCUT2D eigenvalue weighted by atomic mass is 9.91. The van der Waals surface area contributed by atoms with Crippen LogP contribution in [0.1, 0.15) is 41.5 Å². The molecule has 5 heteroatoms. The van der Waals surface area contributed by atoms with Gasteiger partial charge in [0.2, 0.25) is 0 Å². The van der Waals surface area contributed by atoms with Gasteiger partial charge in [-0.2, -0.15) is 5.26 Å². The molecule has 16 heavy (non-hydrogen) atoms. The molecule has 0 rings (SSSR count). The molecular formula is C11H23N2O2P. The molecule has 2 unspecified atom stereocenters. The number of rotatable bonds is 5. The molecule has 0 amide bonds. The Morgan fingerprint density at radius 1 is 1.38 bits per heavy atom. The first kappa shape index (κ1) is 15.6. The Morgan fingerprint density at radius 2 is 1.81 bits per heavy atom. The standard InChI is InChI=1S/C11H23N2O2P/c1-7-13(8-2)16(14,9-12)15-10(3)11(4,5)6/h10H,7-8H2,1-6H3. The fourth-order valence-corrected chi connectivity index (χ4v) is 2.92. The van der Waals surface area contributed by atoms with Crippen LogP contribution in [0.4, 0.5) is 0 Å². The molecular weight excluding hydrogens is 223 g/mol. The van der Waals surface area contributed by atoms with Crippen LogP contribution < -0.4 is 0 Å². The molecule has 0 aromatic heterocycles. The molecule has 0 N–H and O–H groups in total. The van der Waals surface area contributed by atoms with E-state index in [1.54, 1.807) is 4.67 Å². The summed E-state index contributed by atoms with van der Waals surface area (Å²) < 4.78 is 19.5. The zero-order valence-corrected chi connectivity index (χ0v) is 12.0. The molecule has 0 radical (unpaired) electrons. The Kier molecular flexibility index (Phi) is 5.69. The largest absolute Gasteiger partial charge is 0.371 e. The summed E-state index contributed by atoms with van der Waals surface area (Å²) in [6.45, 7) is 12.7. The van der Waals surface area contributed by atoms with E-state index in [0.717, 1.165) is 0 Å². The molecule has 0 aromatic rings. The van der Waals surface area contributed by atoms with Crippen molar-refractivity contribution in [3.8, 4) is 5.81 Å². The van der Waals surface area contributed by atoms with Gasteiger partial charge in [0.05, 0.1) is 6.10 Å². The van der Waals surface area contributed by atoms with Crippen LogP contribution >= 0.6 is 7.52 Å². The summed E-state index contributed by atoms with van der Waals surface area (Å²) in [5.74, 6) is 1.84. The van der Waals surface area contributed by atoms with Crippen molar-refractivity contribution >= 4 is 7.52 Å². The van der Waals surface area contributed by atoms with Crippen LogP contribution in [0, 0.1) is 16.5 Å². The molecule has 0 aliphatic heterocycles. The highest BCUT2D eigenvalue weighted by Crippen LogP contribution is 2.52. The van der Waals surface area contributed by atoms with E-state index in [4.69, 9.17) is 9.79 Å². The average Bonchev–Trinajstić information content (AvgIpc) is 2.18. The Morgan fingerprint density at radius 3 is 2.06 bits per heavy atom. The quantitative estimate of drug-likeness (QED) is 0.697. The predicted octanol–water partition coefficient (Wildman–Crippen LogP) is 3.45. The third-order valence-electron chi connectivity index (χ3n) is 2.75. The fourth-order valence-electron chi connectivity index (χ4n) is 1.12. The van der Waals surface area contributed by atoms with E-state index in [-0.39, 0.29) is 11.5 Å². The smallest absolute Gasteiger partial charge is 0.303 e. The highest BCUT2D eigenvalue weighted by atomic mass is 31.2. The average molecular weight is 246 g/mol. The van der Waals surface area contributed by atoms with Crippen LogP contribution in [0.3, 0.4) is 0 Å². The molecule has 0 aromatic carbocycles. The van der Waals surface area contributed by atoms with E-state index >= 15 is 0 Å². The summed E-state index contributed by atoms with van der Waals surface area (Å²) in [5.41, 5.74) is -0.125. The van der Waals surface area contributed by atoms with Gasteiger partial charge in [-0.15, -0.1) is 0 Å². The summed E-state index contributed by atoms with van der Waals surface area (Å²) in [4.78, 5) is 0. The zero-order chi connectivity index (χ0) is 13.0. The first-order chi connectivity index (χ1) is 7.21. The highest BCUT2D eigenvalue weighted by molar-refractivity contribution is 7.61. The van der Waals surface area contributed by atoms with Gasteiger partial charge >= 0.3 is 7.52 Å². The normalized spacial score (nSPS) is 17.9. The molecule has 0 bridgehead atoms. The molecule has 2 atom stereocenters. The topological polar surface area (TPSA) is 53.3 Å². The van der Waals surface area contributed by atoms with Gasteiger partial charge in [0.1, 0.15) is 0 Å².